The van der Waals surface area contributed by atoms with Crippen molar-refractivity contribution in [1.29, 1.82) is 0 Å². The molecule has 12 nitrogen and oxygen atoms in total. The summed E-state index contributed by atoms with van der Waals surface area (Å²) in [5, 5.41) is 11.9. The lowest BCUT2D eigenvalue weighted by Gasteiger charge is -2.42. The Hall–Kier alpha value is -2.96. The van der Waals surface area contributed by atoms with E-state index < -0.39 is 5.60 Å². The fourth-order valence-electron chi connectivity index (χ4n) is 6.45. The van der Waals surface area contributed by atoms with Crippen LogP contribution < -0.4 is 10.6 Å². The van der Waals surface area contributed by atoms with Crippen molar-refractivity contribution in [3.63, 3.8) is 0 Å². The first kappa shape index (κ1) is 29.1. The van der Waals surface area contributed by atoms with Crippen molar-refractivity contribution in [2.24, 2.45) is 0 Å². The van der Waals surface area contributed by atoms with E-state index in [-0.39, 0.29) is 36.4 Å². The molecule has 4 aliphatic heterocycles. The van der Waals surface area contributed by atoms with Gasteiger partial charge in [0.2, 0.25) is 11.9 Å². The number of hydrogen-bond donors (Lipinski definition) is 2. The number of piperidine rings is 1. The van der Waals surface area contributed by atoms with Crippen molar-refractivity contribution in [2.75, 3.05) is 35.2 Å². The van der Waals surface area contributed by atoms with Gasteiger partial charge in [0.15, 0.2) is 5.65 Å². The summed E-state index contributed by atoms with van der Waals surface area (Å²) < 4.78 is 13.1. The molecule has 2 N–H and O–H groups in total. The molecule has 6 rings (SSSR count). The number of carbonyl (C=O) groups excluding carboxylic acids is 2. The predicted octanol–water partition coefficient (Wildman–Crippen LogP) is 4.72. The Morgan fingerprint density at radius 3 is 2.31 bits per heavy atom. The lowest BCUT2D eigenvalue weighted by molar-refractivity contribution is -0.0485. The van der Waals surface area contributed by atoms with Crippen LogP contribution in [0.1, 0.15) is 84.6 Å². The maximum Gasteiger partial charge on any atom is 0.410 e. The third-order valence-electron chi connectivity index (χ3n) is 8.62. The van der Waals surface area contributed by atoms with Crippen LogP contribution >= 0.6 is 11.8 Å². The number of likely N-dealkylation sites (tertiary alicyclic amines) is 1. The summed E-state index contributed by atoms with van der Waals surface area (Å²) in [6.07, 6.45) is 6.71. The van der Waals surface area contributed by atoms with E-state index in [4.69, 9.17) is 19.4 Å². The molecule has 4 saturated heterocycles. The maximum absolute atomic E-state index is 13.2. The van der Waals surface area contributed by atoms with Crippen molar-refractivity contribution in [3.05, 3.63) is 11.8 Å². The summed E-state index contributed by atoms with van der Waals surface area (Å²) in [6, 6.07) is 0.745. The van der Waals surface area contributed by atoms with Gasteiger partial charge >= 0.3 is 12.2 Å². The second-order valence-corrected chi connectivity index (χ2v) is 14.6. The van der Waals surface area contributed by atoms with Crippen molar-refractivity contribution in [2.45, 2.75) is 115 Å². The van der Waals surface area contributed by atoms with Gasteiger partial charge in [0.05, 0.1) is 19.3 Å². The zero-order valence-corrected chi connectivity index (χ0v) is 26.2. The molecule has 13 heteroatoms. The van der Waals surface area contributed by atoms with E-state index in [0.717, 1.165) is 61.2 Å². The van der Waals surface area contributed by atoms with Gasteiger partial charge in [0.1, 0.15) is 11.7 Å². The highest BCUT2D eigenvalue weighted by Gasteiger charge is 2.46. The molecule has 0 saturated carbocycles. The first-order valence-corrected chi connectivity index (χ1v) is 16.5. The first-order chi connectivity index (χ1) is 20.0. The smallest absolute Gasteiger partial charge is 0.410 e. The Bertz CT molecular complexity index is 1290. The summed E-state index contributed by atoms with van der Waals surface area (Å²) in [6.45, 7) is 10.6. The highest BCUT2D eigenvalue weighted by molar-refractivity contribution is 7.99. The molecule has 2 aromatic heterocycles. The second-order valence-electron chi connectivity index (χ2n) is 13.4. The Morgan fingerprint density at radius 1 is 0.976 bits per heavy atom. The molecule has 0 aromatic carbocycles. The van der Waals surface area contributed by atoms with Crippen LogP contribution in [0.4, 0.5) is 21.5 Å². The lowest BCUT2D eigenvalue weighted by atomic mass is 9.98. The monoisotopic (exact) mass is 600 g/mol. The van der Waals surface area contributed by atoms with Gasteiger partial charge in [-0.2, -0.15) is 31.3 Å². The summed E-state index contributed by atoms with van der Waals surface area (Å²) in [7, 11) is 0. The third kappa shape index (κ3) is 6.21. The molecule has 0 radical (unpaired) electrons. The van der Waals surface area contributed by atoms with Gasteiger partial charge in [-0.25, -0.2) is 9.59 Å². The average Bonchev–Trinajstić information content (AvgIpc) is 3.44. The van der Waals surface area contributed by atoms with E-state index in [9.17, 15) is 9.59 Å². The van der Waals surface area contributed by atoms with Gasteiger partial charge in [0.25, 0.3) is 0 Å². The number of amides is 2. The third-order valence-corrected chi connectivity index (χ3v) is 9.66. The number of hydrogen-bond acceptors (Lipinski definition) is 10. The van der Waals surface area contributed by atoms with Gasteiger partial charge in [-0.1, -0.05) is 13.8 Å². The van der Waals surface area contributed by atoms with Crippen LogP contribution in [0.2, 0.25) is 0 Å². The standard InChI is InChI=1S/C29H44N8O4S/c1-17(2)23-14-30-37-24(23)33-25(31-18-8-10-42-11-9-18)34-26(37)32-19-12-20-6-7-21(13-19)36(20)28(39)40-22-15-35(16-22)27(38)41-29(3,4)5/h14,17-22H,6-13,15-16H2,1-5H3,(H2,31,32,33,34). The molecule has 6 heterocycles. The van der Waals surface area contributed by atoms with Gasteiger partial charge in [-0.15, -0.1) is 0 Å². The number of carbonyl (C=O) groups is 2. The number of thioether (sulfide) groups is 1. The van der Waals surface area contributed by atoms with Crippen LogP contribution in [0.25, 0.3) is 5.65 Å². The van der Waals surface area contributed by atoms with Crippen molar-refractivity contribution in [3.8, 4) is 0 Å². The first-order valence-electron chi connectivity index (χ1n) is 15.4. The summed E-state index contributed by atoms with van der Waals surface area (Å²) in [4.78, 5) is 38.7. The van der Waals surface area contributed by atoms with Gasteiger partial charge < -0.3 is 29.9 Å². The minimum atomic E-state index is -0.547. The lowest BCUT2D eigenvalue weighted by Crippen LogP contribution is -2.58. The quantitative estimate of drug-likeness (QED) is 0.481. The van der Waals surface area contributed by atoms with E-state index >= 15 is 0 Å². The number of nitrogens with zero attached hydrogens (tertiary/aromatic N) is 6. The molecule has 2 aromatic rings. The van der Waals surface area contributed by atoms with E-state index in [0.29, 0.717) is 36.9 Å². The van der Waals surface area contributed by atoms with Gasteiger partial charge in [-0.3, -0.25) is 0 Å². The molecule has 2 bridgehead atoms. The fraction of sp³-hybridized carbons (Fsp3) is 0.759. The normalized spacial score (nSPS) is 25.0. The highest BCUT2D eigenvalue weighted by atomic mass is 32.2. The van der Waals surface area contributed by atoms with Crippen molar-refractivity contribution in [1.82, 2.24) is 29.4 Å². The Kier molecular flexibility index (Phi) is 8.05. The summed E-state index contributed by atoms with van der Waals surface area (Å²) in [5.41, 5.74) is 1.39. The number of rotatable bonds is 6. The molecule has 0 aliphatic carbocycles. The average molecular weight is 601 g/mol. The number of nitrogens with one attached hydrogen (secondary N) is 2. The Labute approximate surface area is 251 Å². The van der Waals surface area contributed by atoms with Gasteiger partial charge in [0, 0.05) is 29.7 Å². The molecule has 2 atom stereocenters. The molecule has 42 heavy (non-hydrogen) atoms. The fourth-order valence-corrected chi connectivity index (χ4v) is 7.56. The number of fused-ring (bicyclic) bond motifs is 3. The van der Waals surface area contributed by atoms with Crippen molar-refractivity contribution >= 4 is 41.5 Å². The maximum atomic E-state index is 13.2. The summed E-state index contributed by atoms with van der Waals surface area (Å²) in [5.74, 6) is 3.94. The van der Waals surface area contributed by atoms with Crippen LogP contribution in [0, 0.1) is 0 Å². The van der Waals surface area contributed by atoms with Crippen LogP contribution in [-0.4, -0.2) is 102 Å². The minimum absolute atomic E-state index is 0.106. The number of anilines is 2. The molecule has 0 spiro atoms. The van der Waals surface area contributed by atoms with E-state index in [1.165, 1.54) is 0 Å². The topological polar surface area (TPSA) is 126 Å². The highest BCUT2D eigenvalue weighted by Crippen LogP contribution is 2.38. The number of aromatic nitrogens is 4. The Morgan fingerprint density at radius 2 is 1.67 bits per heavy atom. The molecule has 4 fully saturated rings. The summed E-state index contributed by atoms with van der Waals surface area (Å²) >= 11 is 2.00. The largest absolute Gasteiger partial charge is 0.444 e. The molecular formula is C29H44N8O4S. The molecular weight excluding hydrogens is 556 g/mol. The SMILES string of the molecule is CC(C)c1cnn2c(NC3CC4CCC(C3)N4C(=O)OC3CN(C(=O)OC(C)(C)C)C3)nc(NC3CCSCC3)nc12. The molecule has 230 valence electrons. The van der Waals surface area contributed by atoms with Crippen LogP contribution in [0.3, 0.4) is 0 Å². The van der Waals surface area contributed by atoms with Crippen LogP contribution in [0.15, 0.2) is 6.20 Å². The van der Waals surface area contributed by atoms with Gasteiger partial charge in [-0.05, 0) is 76.7 Å². The van der Waals surface area contributed by atoms with Crippen molar-refractivity contribution < 1.29 is 19.1 Å². The van der Waals surface area contributed by atoms with E-state index in [2.05, 4.69) is 29.6 Å². The zero-order valence-electron chi connectivity index (χ0n) is 25.3. The van der Waals surface area contributed by atoms with E-state index in [1.807, 2.05) is 48.1 Å². The molecule has 2 amide bonds. The van der Waals surface area contributed by atoms with Crippen LogP contribution in [-0.2, 0) is 9.47 Å². The van der Waals surface area contributed by atoms with E-state index in [1.54, 1.807) is 4.90 Å². The second kappa shape index (κ2) is 11.6. The zero-order chi connectivity index (χ0) is 29.6. The molecule has 4 aliphatic rings. The van der Waals surface area contributed by atoms with Crippen LogP contribution in [0.5, 0.6) is 0 Å². The Balaban J connectivity index is 1.10. The minimum Gasteiger partial charge on any atom is -0.444 e. The number of ether oxygens (including phenoxy) is 2. The predicted molar refractivity (Wildman–Crippen MR) is 162 cm³/mol. The molecule has 2 unspecified atom stereocenters.